The average Bonchev–Trinajstić information content (AvgIpc) is 3.73. The standard InChI is InChI=1S/C13H16O4S.C7H10O3.C5H8O3.C4H6O2/c1-4-12(10(3)13(14)15)18(16,17)11-7-5-9(2)6-8-11;1-5(7(8)9)2-3-6-4-10-6;1-2-3-4(6)5(7)8;1-3(2)4(5)6/h5-8H,4H2,1-3H3,(H,14,15);2,6H,3-4H2,1H3,(H,8,9);3,6H,2H2,1H3,(H,7,8);1H2,2H3,(H,5,6)/b12-10+;5-2+;4-3-;. The number of carbonyl (C=O) groups is 4. The third-order valence-corrected chi connectivity index (χ3v) is 7.26. The van der Waals surface area contributed by atoms with E-state index in [0.29, 0.717) is 12.0 Å². The van der Waals surface area contributed by atoms with E-state index in [9.17, 15) is 27.6 Å². The minimum Gasteiger partial charge on any atom is -0.502 e. The summed E-state index contributed by atoms with van der Waals surface area (Å²) in [7, 11) is -3.71. The van der Waals surface area contributed by atoms with E-state index in [2.05, 4.69) is 6.58 Å². The Bertz CT molecular complexity index is 1280. The van der Waals surface area contributed by atoms with Crippen molar-refractivity contribution >= 4 is 33.7 Å². The van der Waals surface area contributed by atoms with Gasteiger partial charge in [0.2, 0.25) is 9.84 Å². The Kier molecular flexibility index (Phi) is 18.8. The van der Waals surface area contributed by atoms with Crippen molar-refractivity contribution in [3.05, 3.63) is 75.9 Å². The molecule has 1 fully saturated rings. The smallest absolute Gasteiger partial charge is 0.370 e. The number of ether oxygens (including phenoxy) is 1. The van der Waals surface area contributed by atoms with Crippen LogP contribution in [0.5, 0.6) is 0 Å². The van der Waals surface area contributed by atoms with E-state index < -0.39 is 39.5 Å². The number of hydrogen-bond acceptors (Lipinski definition) is 8. The third kappa shape index (κ3) is 16.8. The first-order valence-electron chi connectivity index (χ1n) is 12.6. The van der Waals surface area contributed by atoms with Gasteiger partial charge in [0.25, 0.3) is 0 Å². The van der Waals surface area contributed by atoms with E-state index in [-0.39, 0.29) is 33.5 Å². The Morgan fingerprint density at radius 1 is 0.881 bits per heavy atom. The van der Waals surface area contributed by atoms with Gasteiger partial charge in [-0.3, -0.25) is 0 Å². The van der Waals surface area contributed by atoms with E-state index in [1.165, 1.54) is 32.1 Å². The Labute approximate surface area is 245 Å². The molecule has 13 heteroatoms. The summed E-state index contributed by atoms with van der Waals surface area (Å²) < 4.78 is 29.5. The van der Waals surface area contributed by atoms with E-state index in [0.717, 1.165) is 18.6 Å². The summed E-state index contributed by atoms with van der Waals surface area (Å²) in [6.45, 7) is 13.5. The third-order valence-electron chi connectivity index (χ3n) is 5.12. The van der Waals surface area contributed by atoms with Crippen molar-refractivity contribution in [3.63, 3.8) is 0 Å². The monoisotopic (exact) mass is 612 g/mol. The predicted molar refractivity (Wildman–Crippen MR) is 156 cm³/mol. The number of sulfone groups is 1. The Hall–Kier alpha value is -4.23. The zero-order chi connectivity index (χ0) is 33.2. The summed E-state index contributed by atoms with van der Waals surface area (Å²) in [6, 6.07) is 6.37. The van der Waals surface area contributed by atoms with Crippen LogP contribution >= 0.6 is 0 Å². The lowest BCUT2D eigenvalue weighted by atomic mass is 10.2. The van der Waals surface area contributed by atoms with Gasteiger partial charge in [-0.15, -0.1) is 0 Å². The highest BCUT2D eigenvalue weighted by Gasteiger charge is 2.24. The molecule has 1 unspecified atom stereocenters. The minimum absolute atomic E-state index is 0.0427. The fraction of sp³-hybridized carbons (Fsp3) is 0.379. The zero-order valence-corrected chi connectivity index (χ0v) is 25.4. The molecule has 42 heavy (non-hydrogen) atoms. The van der Waals surface area contributed by atoms with Crippen molar-refractivity contribution < 1.29 is 57.9 Å². The van der Waals surface area contributed by atoms with Gasteiger partial charge in [0.1, 0.15) is 0 Å². The molecule has 0 radical (unpaired) electrons. The zero-order valence-electron chi connectivity index (χ0n) is 24.6. The van der Waals surface area contributed by atoms with Crippen LogP contribution in [0.3, 0.4) is 0 Å². The number of epoxide rings is 1. The summed E-state index contributed by atoms with van der Waals surface area (Å²) in [5.41, 5.74) is 1.40. The first kappa shape index (κ1) is 39.9. The van der Waals surface area contributed by atoms with Crippen molar-refractivity contribution in [2.45, 2.75) is 71.8 Å². The maximum absolute atomic E-state index is 12.3. The molecule has 12 nitrogen and oxygen atoms in total. The normalized spacial score (nSPS) is 14.7. The number of hydrogen-bond donors (Lipinski definition) is 5. The predicted octanol–water partition coefficient (Wildman–Crippen LogP) is 4.91. The number of aryl methyl sites for hydroxylation is 1. The van der Waals surface area contributed by atoms with Crippen LogP contribution in [-0.4, -0.2) is 70.5 Å². The van der Waals surface area contributed by atoms with Gasteiger partial charge < -0.3 is 30.3 Å². The molecule has 0 saturated carbocycles. The van der Waals surface area contributed by atoms with Crippen LogP contribution in [0.2, 0.25) is 0 Å². The van der Waals surface area contributed by atoms with E-state index in [1.807, 2.05) is 6.92 Å². The van der Waals surface area contributed by atoms with Crippen LogP contribution in [0, 0.1) is 6.92 Å². The van der Waals surface area contributed by atoms with Crippen LogP contribution in [0.1, 0.15) is 59.4 Å². The lowest BCUT2D eigenvalue weighted by Crippen LogP contribution is -2.10. The number of benzene rings is 1. The van der Waals surface area contributed by atoms with Gasteiger partial charge in [-0.25, -0.2) is 27.6 Å². The number of aliphatic hydroxyl groups is 1. The summed E-state index contributed by atoms with van der Waals surface area (Å²) in [5, 5.41) is 41.6. The highest BCUT2D eigenvalue weighted by molar-refractivity contribution is 7.95. The molecular weight excluding hydrogens is 572 g/mol. The maximum atomic E-state index is 12.3. The molecular formula is C29H40O12S. The topological polar surface area (TPSA) is 216 Å². The molecule has 0 aliphatic carbocycles. The second kappa shape index (κ2) is 19.8. The van der Waals surface area contributed by atoms with Gasteiger partial charge in [0, 0.05) is 16.7 Å². The van der Waals surface area contributed by atoms with Crippen LogP contribution in [0.4, 0.5) is 0 Å². The largest absolute Gasteiger partial charge is 0.502 e. The molecule has 1 aromatic carbocycles. The van der Waals surface area contributed by atoms with E-state index >= 15 is 0 Å². The number of carboxylic acid groups (broad SMARTS) is 4. The molecule has 1 aromatic rings. The molecule has 234 valence electrons. The van der Waals surface area contributed by atoms with Gasteiger partial charge in [0.15, 0.2) is 5.76 Å². The van der Waals surface area contributed by atoms with Crippen molar-refractivity contribution in [1.29, 1.82) is 0 Å². The maximum Gasteiger partial charge on any atom is 0.370 e. The molecule has 1 aliphatic rings. The van der Waals surface area contributed by atoms with E-state index in [1.54, 1.807) is 39.0 Å². The quantitative estimate of drug-likeness (QED) is 0.135. The van der Waals surface area contributed by atoms with Gasteiger partial charge >= 0.3 is 23.9 Å². The highest BCUT2D eigenvalue weighted by Crippen LogP contribution is 2.25. The molecule has 1 heterocycles. The number of carboxylic acids is 4. The van der Waals surface area contributed by atoms with Crippen LogP contribution in [-0.2, 0) is 33.8 Å². The average molecular weight is 613 g/mol. The van der Waals surface area contributed by atoms with Crippen LogP contribution in [0.25, 0.3) is 0 Å². The number of aliphatic carboxylic acids is 4. The van der Waals surface area contributed by atoms with Crippen molar-refractivity contribution in [2.75, 3.05) is 6.61 Å². The first-order valence-corrected chi connectivity index (χ1v) is 14.1. The van der Waals surface area contributed by atoms with Crippen molar-refractivity contribution in [3.8, 4) is 0 Å². The van der Waals surface area contributed by atoms with Gasteiger partial charge in [0.05, 0.1) is 22.5 Å². The van der Waals surface area contributed by atoms with Crippen molar-refractivity contribution in [1.82, 2.24) is 0 Å². The number of allylic oxidation sites excluding steroid dienone is 2. The fourth-order valence-corrected chi connectivity index (χ4v) is 4.17. The molecule has 5 N–H and O–H groups in total. The molecule has 0 bridgehead atoms. The first-order chi connectivity index (χ1) is 19.3. The van der Waals surface area contributed by atoms with Crippen molar-refractivity contribution in [2.24, 2.45) is 0 Å². The summed E-state index contributed by atoms with van der Waals surface area (Å²) >= 11 is 0. The number of rotatable bonds is 10. The van der Waals surface area contributed by atoms with Gasteiger partial charge in [-0.1, -0.05) is 44.2 Å². The second-order valence-corrected chi connectivity index (χ2v) is 10.8. The molecule has 0 aromatic heterocycles. The second-order valence-electron chi connectivity index (χ2n) is 8.79. The highest BCUT2D eigenvalue weighted by atomic mass is 32.2. The Morgan fingerprint density at radius 3 is 1.64 bits per heavy atom. The summed E-state index contributed by atoms with van der Waals surface area (Å²) in [6.07, 6.45) is 4.65. The summed E-state index contributed by atoms with van der Waals surface area (Å²) in [4.78, 5) is 40.6. The Balaban J connectivity index is 0. The molecule has 0 amide bonds. The molecule has 2 rings (SSSR count). The SMILES string of the molecule is C/C(=C\CC1CO1)C(=O)O.C=C(C)C(=O)O.CC/C(=C(/C)C(=O)O)S(=O)(=O)c1ccc(C)cc1.CC/C=C(\O)C(=O)O. The molecule has 1 atom stereocenters. The lowest BCUT2D eigenvalue weighted by Gasteiger charge is -2.09. The Morgan fingerprint density at radius 2 is 1.36 bits per heavy atom. The lowest BCUT2D eigenvalue weighted by molar-refractivity contribution is -0.136. The van der Waals surface area contributed by atoms with Gasteiger partial charge in [-0.2, -0.15) is 0 Å². The molecule has 0 spiro atoms. The summed E-state index contributed by atoms with van der Waals surface area (Å²) in [5.74, 6) is -4.84. The molecule has 1 saturated heterocycles. The van der Waals surface area contributed by atoms with Gasteiger partial charge in [-0.05, 0) is 65.2 Å². The molecule has 1 aliphatic heterocycles. The minimum atomic E-state index is -3.71. The van der Waals surface area contributed by atoms with Crippen LogP contribution in [0.15, 0.2) is 75.3 Å². The van der Waals surface area contributed by atoms with Crippen LogP contribution < -0.4 is 0 Å². The number of aliphatic hydroxyl groups excluding tert-OH is 1. The fourth-order valence-electron chi connectivity index (χ4n) is 2.52. The van der Waals surface area contributed by atoms with E-state index in [4.69, 9.17) is 30.3 Å².